The van der Waals surface area contributed by atoms with E-state index in [2.05, 4.69) is 15.4 Å². The molecule has 4 aromatic heterocycles. The zero-order valence-corrected chi connectivity index (χ0v) is 15.5. The molecule has 4 rings (SSSR count). The van der Waals surface area contributed by atoms with Crippen molar-refractivity contribution in [1.29, 1.82) is 0 Å². The van der Waals surface area contributed by atoms with Gasteiger partial charge in [-0.15, -0.1) is 27.8 Å². The predicted molar refractivity (Wildman–Crippen MR) is 104 cm³/mol. The molecule has 0 radical (unpaired) electrons. The van der Waals surface area contributed by atoms with Gasteiger partial charge in [0.15, 0.2) is 5.82 Å². The van der Waals surface area contributed by atoms with Crippen molar-refractivity contribution < 1.29 is 4.79 Å². The van der Waals surface area contributed by atoms with E-state index in [1.54, 1.807) is 40.1 Å². The number of hydrogen-bond donors (Lipinski definition) is 1. The SMILES string of the molecule is O=C(/C=C/c1ccsc1)NCCc1csc2nc(-c3cccs3)nn12. The quantitative estimate of drug-likeness (QED) is 0.511. The second-order valence-electron chi connectivity index (χ2n) is 5.27. The van der Waals surface area contributed by atoms with Gasteiger partial charge < -0.3 is 5.32 Å². The van der Waals surface area contributed by atoms with Crippen LogP contribution >= 0.6 is 34.0 Å². The van der Waals surface area contributed by atoms with E-state index in [1.807, 2.05) is 50.3 Å². The smallest absolute Gasteiger partial charge is 0.244 e. The zero-order valence-electron chi connectivity index (χ0n) is 13.1. The Labute approximate surface area is 156 Å². The average Bonchev–Trinajstić information content (AvgIpc) is 3.37. The molecule has 0 fully saturated rings. The first-order valence-corrected chi connectivity index (χ1v) is 10.3. The molecule has 1 amide bonds. The summed E-state index contributed by atoms with van der Waals surface area (Å²) in [4.78, 5) is 18.4. The van der Waals surface area contributed by atoms with Crippen LogP contribution in [-0.2, 0) is 11.2 Å². The van der Waals surface area contributed by atoms with Crippen molar-refractivity contribution >= 4 is 51.0 Å². The van der Waals surface area contributed by atoms with Crippen molar-refractivity contribution in [3.63, 3.8) is 0 Å². The topological polar surface area (TPSA) is 59.3 Å². The number of aromatic nitrogens is 3. The van der Waals surface area contributed by atoms with E-state index in [1.165, 1.54) is 0 Å². The maximum absolute atomic E-state index is 11.9. The highest BCUT2D eigenvalue weighted by molar-refractivity contribution is 7.15. The third-order valence-electron chi connectivity index (χ3n) is 3.54. The number of hydrogen-bond acceptors (Lipinski definition) is 6. The lowest BCUT2D eigenvalue weighted by Crippen LogP contribution is -2.23. The van der Waals surface area contributed by atoms with Crippen LogP contribution in [0, 0.1) is 0 Å². The number of carbonyl (C=O) groups excluding carboxylic acids is 1. The number of nitrogens with zero attached hydrogens (tertiary/aromatic N) is 3. The largest absolute Gasteiger partial charge is 0.352 e. The van der Waals surface area contributed by atoms with Gasteiger partial charge >= 0.3 is 0 Å². The highest BCUT2D eigenvalue weighted by Gasteiger charge is 2.12. The van der Waals surface area contributed by atoms with E-state index in [9.17, 15) is 4.79 Å². The number of carbonyl (C=O) groups is 1. The summed E-state index contributed by atoms with van der Waals surface area (Å²) < 4.78 is 1.87. The molecule has 126 valence electrons. The molecular formula is C17H14N4OS3. The standard InChI is InChI=1S/C17H14N4OS3/c22-15(4-3-12-6-9-23-10-12)18-7-5-13-11-25-17-19-16(20-21(13)17)14-2-1-8-24-14/h1-4,6,8-11H,5,7H2,(H,18,22)/b4-3+. The number of fused-ring (bicyclic) bond motifs is 1. The summed E-state index contributed by atoms with van der Waals surface area (Å²) in [6.45, 7) is 0.562. The molecule has 4 aromatic rings. The molecule has 0 aliphatic rings. The monoisotopic (exact) mass is 386 g/mol. The van der Waals surface area contributed by atoms with Crippen molar-refractivity contribution in [1.82, 2.24) is 19.9 Å². The van der Waals surface area contributed by atoms with Crippen molar-refractivity contribution in [2.75, 3.05) is 6.54 Å². The van der Waals surface area contributed by atoms with Crippen molar-refractivity contribution in [3.05, 3.63) is 57.1 Å². The van der Waals surface area contributed by atoms with Gasteiger partial charge in [0.05, 0.1) is 10.6 Å². The number of thiophene rings is 2. The Morgan fingerprint density at radius 3 is 3.00 bits per heavy atom. The number of thiazole rings is 1. The minimum atomic E-state index is -0.0875. The van der Waals surface area contributed by atoms with E-state index in [4.69, 9.17) is 0 Å². The minimum Gasteiger partial charge on any atom is -0.352 e. The van der Waals surface area contributed by atoms with Gasteiger partial charge in [-0.1, -0.05) is 6.07 Å². The van der Waals surface area contributed by atoms with E-state index < -0.39 is 0 Å². The molecule has 5 nitrogen and oxygen atoms in total. The average molecular weight is 387 g/mol. The van der Waals surface area contributed by atoms with Gasteiger partial charge in [-0.3, -0.25) is 4.79 Å². The molecular weight excluding hydrogens is 372 g/mol. The summed E-state index contributed by atoms with van der Waals surface area (Å²) in [7, 11) is 0. The van der Waals surface area contributed by atoms with Crippen molar-refractivity contribution in [2.24, 2.45) is 0 Å². The first-order chi connectivity index (χ1) is 12.3. The van der Waals surface area contributed by atoms with Crippen LogP contribution in [0.3, 0.4) is 0 Å². The van der Waals surface area contributed by atoms with Gasteiger partial charge in [0.2, 0.25) is 10.9 Å². The van der Waals surface area contributed by atoms with Crippen LogP contribution in [0.2, 0.25) is 0 Å². The molecule has 8 heteroatoms. The zero-order chi connectivity index (χ0) is 17.1. The van der Waals surface area contributed by atoms with Gasteiger partial charge in [-0.25, -0.2) is 4.52 Å². The van der Waals surface area contributed by atoms with E-state index in [0.717, 1.165) is 26.9 Å². The Morgan fingerprint density at radius 1 is 1.24 bits per heavy atom. The fraction of sp³-hybridized carbons (Fsp3) is 0.118. The van der Waals surface area contributed by atoms with Crippen LogP contribution in [-0.4, -0.2) is 27.0 Å². The van der Waals surface area contributed by atoms with Crippen LogP contribution in [0.25, 0.3) is 21.7 Å². The van der Waals surface area contributed by atoms with Crippen LogP contribution in [0.4, 0.5) is 0 Å². The highest BCUT2D eigenvalue weighted by atomic mass is 32.1. The molecule has 0 unspecified atom stereocenters. The number of nitrogens with one attached hydrogen (secondary N) is 1. The van der Waals surface area contributed by atoms with E-state index in [0.29, 0.717) is 13.0 Å². The van der Waals surface area contributed by atoms with Gasteiger partial charge in [-0.05, 0) is 39.9 Å². The maximum Gasteiger partial charge on any atom is 0.244 e. The van der Waals surface area contributed by atoms with Crippen LogP contribution in [0.1, 0.15) is 11.3 Å². The second-order valence-corrected chi connectivity index (χ2v) is 7.83. The van der Waals surface area contributed by atoms with E-state index in [-0.39, 0.29) is 5.91 Å². The van der Waals surface area contributed by atoms with Crippen molar-refractivity contribution in [3.8, 4) is 10.7 Å². The molecule has 0 spiro atoms. The number of rotatable bonds is 6. The van der Waals surface area contributed by atoms with Crippen LogP contribution in [0.15, 0.2) is 45.8 Å². The Bertz CT molecular complexity index is 996. The lowest BCUT2D eigenvalue weighted by atomic mass is 10.3. The first kappa shape index (κ1) is 16.2. The molecule has 0 saturated heterocycles. The number of amides is 1. The Morgan fingerprint density at radius 2 is 2.20 bits per heavy atom. The summed E-state index contributed by atoms with van der Waals surface area (Å²) in [5.74, 6) is 0.668. The fourth-order valence-electron chi connectivity index (χ4n) is 2.32. The third-order valence-corrected chi connectivity index (χ3v) is 5.97. The summed E-state index contributed by atoms with van der Waals surface area (Å²) in [5.41, 5.74) is 2.10. The van der Waals surface area contributed by atoms with Crippen LogP contribution < -0.4 is 5.32 Å². The van der Waals surface area contributed by atoms with Gasteiger partial charge in [0.1, 0.15) is 0 Å². The molecule has 0 aliphatic carbocycles. The Kier molecular flexibility index (Phi) is 4.73. The molecule has 0 aliphatic heterocycles. The normalized spacial score (nSPS) is 11.5. The lowest BCUT2D eigenvalue weighted by molar-refractivity contribution is -0.116. The summed E-state index contributed by atoms with van der Waals surface area (Å²) in [5, 5.41) is 15.5. The lowest BCUT2D eigenvalue weighted by Gasteiger charge is -2.01. The predicted octanol–water partition coefficient (Wildman–Crippen LogP) is 3.95. The summed E-state index contributed by atoms with van der Waals surface area (Å²) in [6.07, 6.45) is 4.10. The fourth-order valence-corrected chi connectivity index (χ4v) is 4.46. The second kappa shape index (κ2) is 7.30. The summed E-state index contributed by atoms with van der Waals surface area (Å²) >= 11 is 4.81. The Hall–Kier alpha value is -2.29. The van der Waals surface area contributed by atoms with Gasteiger partial charge in [-0.2, -0.15) is 16.3 Å². The summed E-state index contributed by atoms with van der Waals surface area (Å²) in [6, 6.07) is 5.99. The molecule has 4 heterocycles. The van der Waals surface area contributed by atoms with Crippen LogP contribution in [0.5, 0.6) is 0 Å². The molecule has 0 bridgehead atoms. The third kappa shape index (κ3) is 3.71. The van der Waals surface area contributed by atoms with Crippen molar-refractivity contribution in [2.45, 2.75) is 6.42 Å². The van der Waals surface area contributed by atoms with E-state index >= 15 is 0 Å². The molecule has 25 heavy (non-hydrogen) atoms. The molecule has 1 N–H and O–H groups in total. The molecule has 0 atom stereocenters. The Balaban J connectivity index is 1.37. The minimum absolute atomic E-state index is 0.0875. The highest BCUT2D eigenvalue weighted by Crippen LogP contribution is 2.24. The van der Waals surface area contributed by atoms with Gasteiger partial charge in [0, 0.05) is 24.4 Å². The van der Waals surface area contributed by atoms with Gasteiger partial charge in [0.25, 0.3) is 0 Å². The molecule has 0 saturated carbocycles. The first-order valence-electron chi connectivity index (χ1n) is 7.65. The maximum atomic E-state index is 11.9. The molecule has 0 aromatic carbocycles.